The average Bonchev–Trinajstić information content (AvgIpc) is 3.09. The van der Waals surface area contributed by atoms with E-state index in [1.807, 2.05) is 0 Å². The van der Waals surface area contributed by atoms with E-state index in [9.17, 15) is 14.4 Å². The summed E-state index contributed by atoms with van der Waals surface area (Å²) in [6.07, 6.45) is 35.6. The molecule has 302 valence electrons. The van der Waals surface area contributed by atoms with Crippen molar-refractivity contribution in [1.82, 2.24) is 0 Å². The number of esters is 3. The van der Waals surface area contributed by atoms with Crippen molar-refractivity contribution >= 4 is 17.9 Å². The van der Waals surface area contributed by atoms with Crippen molar-refractivity contribution < 1.29 is 28.6 Å². The third kappa shape index (κ3) is 39.5. The fourth-order valence-electron chi connectivity index (χ4n) is 6.58. The van der Waals surface area contributed by atoms with Crippen LogP contribution in [0.4, 0.5) is 0 Å². The highest BCUT2D eigenvalue weighted by molar-refractivity contribution is 5.71. The maximum absolute atomic E-state index is 12.7. The maximum atomic E-state index is 12.7. The van der Waals surface area contributed by atoms with Crippen LogP contribution in [0, 0.1) is 11.8 Å². The molecule has 6 nitrogen and oxygen atoms in total. The molecule has 0 heterocycles. The van der Waals surface area contributed by atoms with Crippen molar-refractivity contribution in [3.63, 3.8) is 0 Å². The quantitative estimate of drug-likeness (QED) is 0.0357. The first-order valence-electron chi connectivity index (χ1n) is 22.2. The molecule has 0 saturated carbocycles. The normalized spacial score (nSPS) is 12.1. The SMILES string of the molecule is CCCCCCCC(=O)OC[C@@H](COC(=O)CCCCCCCCCC(C)C)OC(=O)CCCCCCCCCCCCCCCCCC(C)C. The Morgan fingerprint density at radius 3 is 0.961 bits per heavy atom. The van der Waals surface area contributed by atoms with Crippen LogP contribution >= 0.6 is 0 Å². The number of carbonyl (C=O) groups is 3. The average molecular weight is 723 g/mol. The number of ether oxygens (including phenoxy) is 3. The van der Waals surface area contributed by atoms with Crippen molar-refractivity contribution in [3.05, 3.63) is 0 Å². The van der Waals surface area contributed by atoms with E-state index in [0.29, 0.717) is 19.3 Å². The minimum Gasteiger partial charge on any atom is -0.462 e. The largest absolute Gasteiger partial charge is 0.462 e. The second-order valence-corrected chi connectivity index (χ2v) is 16.3. The van der Waals surface area contributed by atoms with E-state index in [4.69, 9.17) is 14.2 Å². The van der Waals surface area contributed by atoms with Gasteiger partial charge in [0.05, 0.1) is 0 Å². The number of carbonyl (C=O) groups excluding carboxylic acids is 3. The van der Waals surface area contributed by atoms with E-state index in [0.717, 1.165) is 76.0 Å². The lowest BCUT2D eigenvalue weighted by molar-refractivity contribution is -0.167. The fraction of sp³-hybridized carbons (Fsp3) is 0.933. The lowest BCUT2D eigenvalue weighted by Crippen LogP contribution is -2.30. The van der Waals surface area contributed by atoms with Crippen LogP contribution in [0.15, 0.2) is 0 Å². The molecule has 0 N–H and O–H groups in total. The Morgan fingerprint density at radius 2 is 0.647 bits per heavy atom. The molecule has 0 rings (SSSR count). The molecular weight excluding hydrogens is 636 g/mol. The van der Waals surface area contributed by atoms with E-state index in [1.54, 1.807) is 0 Å². The lowest BCUT2D eigenvalue weighted by Gasteiger charge is -2.18. The van der Waals surface area contributed by atoms with Crippen molar-refractivity contribution in [1.29, 1.82) is 0 Å². The van der Waals surface area contributed by atoms with Crippen molar-refractivity contribution in [3.8, 4) is 0 Å². The van der Waals surface area contributed by atoms with Gasteiger partial charge < -0.3 is 14.2 Å². The molecule has 0 radical (unpaired) electrons. The van der Waals surface area contributed by atoms with E-state index in [1.165, 1.54) is 122 Å². The van der Waals surface area contributed by atoms with E-state index >= 15 is 0 Å². The number of hydrogen-bond acceptors (Lipinski definition) is 6. The lowest BCUT2D eigenvalue weighted by atomic mass is 10.0. The zero-order chi connectivity index (χ0) is 37.6. The smallest absolute Gasteiger partial charge is 0.306 e. The predicted molar refractivity (Wildman–Crippen MR) is 215 cm³/mol. The van der Waals surface area contributed by atoms with Crippen LogP contribution in [-0.2, 0) is 28.6 Å². The van der Waals surface area contributed by atoms with Gasteiger partial charge in [-0.3, -0.25) is 14.4 Å². The highest BCUT2D eigenvalue weighted by Gasteiger charge is 2.19. The standard InChI is InChI=1S/C45H86O6/c1-6-7-8-23-30-35-43(46)49-38-42(39-50-44(47)36-31-26-22-18-20-25-29-34-41(4)5)51-45(48)37-32-27-21-17-15-13-11-9-10-12-14-16-19-24-28-33-40(2)3/h40-42H,6-39H2,1-5H3/t42-/m0/s1. The fourth-order valence-corrected chi connectivity index (χ4v) is 6.58. The molecule has 0 aliphatic heterocycles. The van der Waals surface area contributed by atoms with E-state index in [2.05, 4.69) is 34.6 Å². The Kier molecular flexibility index (Phi) is 37.0. The van der Waals surface area contributed by atoms with Gasteiger partial charge in [-0.25, -0.2) is 0 Å². The van der Waals surface area contributed by atoms with Crippen LogP contribution in [0.1, 0.15) is 240 Å². The highest BCUT2D eigenvalue weighted by atomic mass is 16.6. The monoisotopic (exact) mass is 723 g/mol. The van der Waals surface area contributed by atoms with Gasteiger partial charge in [0.25, 0.3) is 0 Å². The molecule has 0 aromatic carbocycles. The van der Waals surface area contributed by atoms with Crippen molar-refractivity contribution in [2.45, 2.75) is 246 Å². The summed E-state index contributed by atoms with van der Waals surface area (Å²) < 4.78 is 16.6. The zero-order valence-electron chi connectivity index (χ0n) is 34.7. The molecule has 0 aromatic heterocycles. The Morgan fingerprint density at radius 1 is 0.373 bits per heavy atom. The molecule has 0 aliphatic carbocycles. The molecule has 0 bridgehead atoms. The van der Waals surface area contributed by atoms with E-state index in [-0.39, 0.29) is 31.1 Å². The first-order valence-corrected chi connectivity index (χ1v) is 22.2. The third-order valence-corrected chi connectivity index (χ3v) is 9.97. The van der Waals surface area contributed by atoms with Gasteiger partial charge in [0.2, 0.25) is 0 Å². The Bertz CT molecular complexity index is 779. The Balaban J connectivity index is 4.15. The first kappa shape index (κ1) is 49.4. The minimum atomic E-state index is -0.758. The van der Waals surface area contributed by atoms with Gasteiger partial charge >= 0.3 is 17.9 Å². The second kappa shape index (κ2) is 38.1. The van der Waals surface area contributed by atoms with Gasteiger partial charge in [-0.1, -0.05) is 202 Å². The maximum Gasteiger partial charge on any atom is 0.306 e. The summed E-state index contributed by atoms with van der Waals surface area (Å²) in [5.74, 6) is 0.755. The van der Waals surface area contributed by atoms with Crippen molar-refractivity contribution in [2.75, 3.05) is 13.2 Å². The third-order valence-electron chi connectivity index (χ3n) is 9.97. The van der Waals surface area contributed by atoms with Crippen LogP contribution < -0.4 is 0 Å². The number of unbranched alkanes of at least 4 members (excludes halogenated alkanes) is 24. The summed E-state index contributed by atoms with van der Waals surface area (Å²) in [7, 11) is 0. The molecule has 0 aromatic rings. The summed E-state index contributed by atoms with van der Waals surface area (Å²) >= 11 is 0. The summed E-state index contributed by atoms with van der Waals surface area (Å²) in [5.41, 5.74) is 0. The van der Waals surface area contributed by atoms with Crippen LogP contribution in [0.3, 0.4) is 0 Å². The van der Waals surface area contributed by atoms with E-state index < -0.39 is 6.10 Å². The molecule has 6 heteroatoms. The number of hydrogen-bond donors (Lipinski definition) is 0. The molecule has 1 atom stereocenters. The Hall–Kier alpha value is -1.59. The van der Waals surface area contributed by atoms with Gasteiger partial charge in [-0.2, -0.15) is 0 Å². The van der Waals surface area contributed by atoms with Gasteiger partial charge in [-0.05, 0) is 31.1 Å². The molecule has 0 aliphatic rings. The molecule has 0 fully saturated rings. The summed E-state index contributed by atoms with van der Waals surface area (Å²) in [5, 5.41) is 0. The zero-order valence-corrected chi connectivity index (χ0v) is 34.7. The highest BCUT2D eigenvalue weighted by Crippen LogP contribution is 2.16. The summed E-state index contributed by atoms with van der Waals surface area (Å²) in [6, 6.07) is 0. The first-order chi connectivity index (χ1) is 24.7. The molecule has 51 heavy (non-hydrogen) atoms. The van der Waals surface area contributed by atoms with Gasteiger partial charge in [0, 0.05) is 19.3 Å². The topological polar surface area (TPSA) is 78.9 Å². The predicted octanol–water partition coefficient (Wildman–Crippen LogP) is 13.8. The molecule has 0 spiro atoms. The van der Waals surface area contributed by atoms with Gasteiger partial charge in [0.1, 0.15) is 13.2 Å². The van der Waals surface area contributed by atoms with Crippen molar-refractivity contribution in [2.24, 2.45) is 11.8 Å². The van der Waals surface area contributed by atoms with Gasteiger partial charge in [0.15, 0.2) is 6.10 Å². The molecule has 0 amide bonds. The molecular formula is C45H86O6. The number of rotatable bonds is 39. The Labute approximate surface area is 317 Å². The molecule has 0 unspecified atom stereocenters. The second-order valence-electron chi connectivity index (χ2n) is 16.3. The van der Waals surface area contributed by atoms with Crippen LogP contribution in [0.2, 0.25) is 0 Å². The minimum absolute atomic E-state index is 0.0668. The summed E-state index contributed by atoms with van der Waals surface area (Å²) in [6.45, 7) is 11.2. The van der Waals surface area contributed by atoms with Crippen LogP contribution in [0.25, 0.3) is 0 Å². The van der Waals surface area contributed by atoms with Crippen LogP contribution in [-0.4, -0.2) is 37.2 Å². The van der Waals surface area contributed by atoms with Crippen LogP contribution in [0.5, 0.6) is 0 Å². The molecule has 0 saturated heterocycles. The van der Waals surface area contributed by atoms with Gasteiger partial charge in [-0.15, -0.1) is 0 Å². The summed E-state index contributed by atoms with van der Waals surface area (Å²) in [4.78, 5) is 37.4.